The quantitative estimate of drug-likeness (QED) is 0.276. The third-order valence-corrected chi connectivity index (χ3v) is 10.8. The lowest BCUT2D eigenvalue weighted by molar-refractivity contribution is -0.117. The highest BCUT2D eigenvalue weighted by Crippen LogP contribution is 2.44. The van der Waals surface area contributed by atoms with Crippen LogP contribution in [0.1, 0.15) is 102 Å². The number of aromatic nitrogens is 1. The zero-order chi connectivity index (χ0) is 31.7. The van der Waals surface area contributed by atoms with E-state index in [0.29, 0.717) is 37.9 Å². The second-order valence-corrected chi connectivity index (χ2v) is 15.3. The number of thiophene rings is 1. The Hall–Kier alpha value is -3.27. The lowest BCUT2D eigenvalue weighted by Gasteiger charge is -2.36. The van der Waals surface area contributed by atoms with Crippen molar-refractivity contribution in [3.8, 4) is 0 Å². The van der Waals surface area contributed by atoms with Crippen LogP contribution in [0.2, 0.25) is 0 Å². The Morgan fingerprint density at radius 2 is 1.87 bits per heavy atom. The molecular weight excluding hydrogens is 584 g/mol. The number of hydrogen-bond donors (Lipinski definition) is 3. The molecule has 1 aliphatic heterocycles. The predicted octanol–water partition coefficient (Wildman–Crippen LogP) is 5.47. The van der Waals surface area contributed by atoms with Crippen LogP contribution in [0.25, 0.3) is 0 Å². The number of nitrogens with zero attached hydrogens (tertiary/aromatic N) is 2. The van der Waals surface area contributed by atoms with Gasteiger partial charge in [-0.15, -0.1) is 11.3 Å². The van der Waals surface area contributed by atoms with Crippen molar-refractivity contribution in [3.05, 3.63) is 85.5 Å². The smallest absolute Gasteiger partial charge is 0.274 e. The summed E-state index contributed by atoms with van der Waals surface area (Å²) in [5.41, 5.74) is 2.89. The summed E-state index contributed by atoms with van der Waals surface area (Å²) in [6.45, 7) is 7.54. The number of benzene rings is 1. The highest BCUT2D eigenvalue weighted by atomic mass is 32.1. The van der Waals surface area contributed by atoms with Crippen LogP contribution in [0, 0.1) is 12.3 Å². The number of carbonyl (C=O) groups excluding carboxylic acids is 2. The maximum atomic E-state index is 14.0. The standard InChI is InChI=1S/C36H46N4O4S/c1-23-16-27-29(19-36(2,3)20-32(27)45-23)37-21-31(41)28(17-24-10-5-4-6-11-24)38-34(43)25-18-30(39-15-9-14-33(39)42)35(44)40(22-25)26-12-7-8-13-26/h4-6,10-11,16,18,22,26,28-29,31,37,41H,7-9,12-15,17,19-21H2,1-3H3,(H,38,43)/t28-,29-,31+/m0/s1. The number of anilines is 1. The van der Waals surface area contributed by atoms with Crippen LogP contribution in [-0.2, 0) is 17.6 Å². The lowest BCUT2D eigenvalue weighted by atomic mass is 9.75. The Labute approximate surface area is 269 Å². The van der Waals surface area contributed by atoms with Crippen molar-refractivity contribution in [2.75, 3.05) is 18.0 Å². The molecule has 45 heavy (non-hydrogen) atoms. The molecule has 0 radical (unpaired) electrons. The average molecular weight is 631 g/mol. The summed E-state index contributed by atoms with van der Waals surface area (Å²) >= 11 is 1.86. The minimum atomic E-state index is -0.859. The first-order chi connectivity index (χ1) is 21.6. The second-order valence-electron chi connectivity index (χ2n) is 14.0. The summed E-state index contributed by atoms with van der Waals surface area (Å²) < 4.78 is 1.68. The normalized spacial score (nSPS) is 21.1. The topological polar surface area (TPSA) is 104 Å². The van der Waals surface area contributed by atoms with Crippen molar-refractivity contribution >= 4 is 28.8 Å². The van der Waals surface area contributed by atoms with E-state index < -0.39 is 12.1 Å². The molecule has 3 aromatic rings. The van der Waals surface area contributed by atoms with Gasteiger partial charge in [-0.25, -0.2) is 0 Å². The fourth-order valence-corrected chi connectivity index (χ4v) is 8.79. The summed E-state index contributed by atoms with van der Waals surface area (Å²) in [6.07, 6.45) is 8.21. The number of aliphatic hydroxyl groups is 1. The largest absolute Gasteiger partial charge is 0.390 e. The number of hydrogen-bond acceptors (Lipinski definition) is 6. The molecule has 1 aromatic carbocycles. The molecule has 3 N–H and O–H groups in total. The van der Waals surface area contributed by atoms with Gasteiger partial charge in [0.2, 0.25) is 5.91 Å². The highest BCUT2D eigenvalue weighted by Gasteiger charge is 2.35. The van der Waals surface area contributed by atoms with Crippen LogP contribution >= 0.6 is 11.3 Å². The molecule has 1 saturated heterocycles. The van der Waals surface area contributed by atoms with Gasteiger partial charge in [0.15, 0.2) is 0 Å². The van der Waals surface area contributed by atoms with E-state index in [1.54, 1.807) is 16.8 Å². The van der Waals surface area contributed by atoms with Gasteiger partial charge in [-0.1, -0.05) is 57.0 Å². The Morgan fingerprint density at radius 3 is 2.58 bits per heavy atom. The number of aryl methyl sites for hydroxylation is 1. The van der Waals surface area contributed by atoms with Crippen molar-refractivity contribution in [1.82, 2.24) is 15.2 Å². The fourth-order valence-electron chi connectivity index (χ4n) is 7.44. The SMILES string of the molecule is Cc1cc2c(s1)CC(C)(C)C[C@@H]2NC[C@@H](O)[C@H](Cc1ccccc1)NC(=O)c1cc(N2CCCC2=O)c(=O)n(C2CCCC2)c1. The first-order valence-corrected chi connectivity index (χ1v) is 17.3. The lowest BCUT2D eigenvalue weighted by Crippen LogP contribution is -2.49. The van der Waals surface area contributed by atoms with E-state index in [-0.39, 0.29) is 40.6 Å². The van der Waals surface area contributed by atoms with Gasteiger partial charge in [0.25, 0.3) is 11.5 Å². The molecule has 3 heterocycles. The van der Waals surface area contributed by atoms with Gasteiger partial charge in [-0.2, -0.15) is 0 Å². The molecule has 2 fully saturated rings. The molecule has 8 nitrogen and oxygen atoms in total. The van der Waals surface area contributed by atoms with E-state index in [1.165, 1.54) is 20.2 Å². The molecular formula is C36H46N4O4S. The molecule has 6 rings (SSSR count). The van der Waals surface area contributed by atoms with E-state index in [4.69, 9.17) is 0 Å². The van der Waals surface area contributed by atoms with E-state index in [9.17, 15) is 19.5 Å². The Bertz CT molecular complexity index is 1590. The molecule has 0 spiro atoms. The Morgan fingerprint density at radius 1 is 1.11 bits per heavy atom. The molecule has 0 unspecified atom stereocenters. The van der Waals surface area contributed by atoms with Crippen LogP contribution in [-0.4, -0.2) is 46.7 Å². The molecule has 9 heteroatoms. The van der Waals surface area contributed by atoms with Gasteiger partial charge < -0.3 is 25.2 Å². The molecule has 1 saturated carbocycles. The third kappa shape index (κ3) is 7.11. The van der Waals surface area contributed by atoms with Gasteiger partial charge in [0, 0.05) is 47.5 Å². The molecule has 2 aromatic heterocycles. The van der Waals surface area contributed by atoms with E-state index in [1.807, 2.05) is 41.7 Å². The first kappa shape index (κ1) is 31.7. The van der Waals surface area contributed by atoms with Crippen LogP contribution in [0.5, 0.6) is 0 Å². The maximum absolute atomic E-state index is 14.0. The average Bonchev–Trinajstić information content (AvgIpc) is 3.77. The molecule has 3 atom stereocenters. The van der Waals surface area contributed by atoms with E-state index >= 15 is 0 Å². The van der Waals surface area contributed by atoms with Gasteiger partial charge in [0.05, 0.1) is 17.7 Å². The van der Waals surface area contributed by atoms with Crippen LogP contribution in [0.15, 0.2) is 53.5 Å². The Balaban J connectivity index is 1.25. The summed E-state index contributed by atoms with van der Waals surface area (Å²) in [5.74, 6) is -0.440. The zero-order valence-corrected chi connectivity index (χ0v) is 27.5. The summed E-state index contributed by atoms with van der Waals surface area (Å²) in [5, 5.41) is 18.4. The number of carbonyl (C=O) groups is 2. The van der Waals surface area contributed by atoms with E-state index in [2.05, 4.69) is 37.5 Å². The molecule has 2 amide bonds. The third-order valence-electron chi connectivity index (χ3n) is 9.76. The van der Waals surface area contributed by atoms with Crippen molar-refractivity contribution < 1.29 is 14.7 Å². The Kier molecular flexibility index (Phi) is 9.32. The van der Waals surface area contributed by atoms with Gasteiger partial charge in [-0.3, -0.25) is 14.4 Å². The first-order valence-electron chi connectivity index (χ1n) is 16.5. The predicted molar refractivity (Wildman–Crippen MR) is 179 cm³/mol. The van der Waals surface area contributed by atoms with Gasteiger partial charge in [0.1, 0.15) is 5.69 Å². The number of fused-ring (bicyclic) bond motifs is 1. The number of nitrogens with one attached hydrogen (secondary N) is 2. The number of amides is 2. The van der Waals surface area contributed by atoms with Crippen molar-refractivity contribution in [3.63, 3.8) is 0 Å². The molecule has 0 bridgehead atoms. The molecule has 2 aliphatic carbocycles. The van der Waals surface area contributed by atoms with Crippen LogP contribution < -0.4 is 21.1 Å². The second kappa shape index (κ2) is 13.2. The maximum Gasteiger partial charge on any atom is 0.274 e. The van der Waals surface area contributed by atoms with Crippen molar-refractivity contribution in [2.24, 2.45) is 5.41 Å². The van der Waals surface area contributed by atoms with Crippen LogP contribution in [0.4, 0.5) is 5.69 Å². The minimum absolute atomic E-state index is 0.0157. The minimum Gasteiger partial charge on any atom is -0.390 e. The fraction of sp³-hybridized carbons (Fsp3) is 0.528. The number of aliphatic hydroxyl groups excluding tert-OH is 1. The van der Waals surface area contributed by atoms with Gasteiger partial charge >= 0.3 is 0 Å². The van der Waals surface area contributed by atoms with Crippen molar-refractivity contribution in [2.45, 2.75) is 103 Å². The zero-order valence-electron chi connectivity index (χ0n) is 26.7. The van der Waals surface area contributed by atoms with E-state index in [0.717, 1.165) is 44.1 Å². The highest BCUT2D eigenvalue weighted by molar-refractivity contribution is 7.12. The van der Waals surface area contributed by atoms with Crippen LogP contribution in [0.3, 0.4) is 0 Å². The van der Waals surface area contributed by atoms with Gasteiger partial charge in [-0.05, 0) is 74.1 Å². The molecule has 240 valence electrons. The van der Waals surface area contributed by atoms with Crippen molar-refractivity contribution in [1.29, 1.82) is 0 Å². The summed E-state index contributed by atoms with van der Waals surface area (Å²) in [4.78, 5) is 44.5. The number of pyridine rings is 1. The molecule has 3 aliphatic rings. The number of rotatable bonds is 10. The summed E-state index contributed by atoms with van der Waals surface area (Å²) in [7, 11) is 0. The monoisotopic (exact) mass is 630 g/mol. The summed E-state index contributed by atoms with van der Waals surface area (Å²) in [6, 6.07) is 13.3.